The maximum Gasteiger partial charge on any atom is 0.240 e. The number of halogens is 1. The summed E-state index contributed by atoms with van der Waals surface area (Å²) >= 11 is 0. The van der Waals surface area contributed by atoms with E-state index in [0.717, 1.165) is 37.7 Å². The van der Waals surface area contributed by atoms with Crippen molar-refractivity contribution in [1.82, 2.24) is 20.3 Å². The molecule has 0 radical (unpaired) electrons. The Morgan fingerprint density at radius 3 is 2.48 bits per heavy atom. The van der Waals surface area contributed by atoms with E-state index < -0.39 is 10.0 Å². The van der Waals surface area contributed by atoms with Crippen LogP contribution in [0.2, 0.25) is 0 Å². The first-order valence-corrected chi connectivity index (χ1v) is 11.6. The summed E-state index contributed by atoms with van der Waals surface area (Å²) in [5, 5.41) is 6.73. The topological polar surface area (TPSA) is 85.8 Å². The molecule has 1 aromatic carbocycles. The minimum Gasteiger partial charge on any atom is -0.357 e. The lowest BCUT2D eigenvalue weighted by atomic mass is 9.98. The van der Waals surface area contributed by atoms with Gasteiger partial charge in [0.15, 0.2) is 5.96 Å². The van der Waals surface area contributed by atoms with Crippen molar-refractivity contribution in [2.75, 3.05) is 33.2 Å². The van der Waals surface area contributed by atoms with Crippen LogP contribution in [-0.4, -0.2) is 58.0 Å². The Labute approximate surface area is 193 Å². The summed E-state index contributed by atoms with van der Waals surface area (Å²) in [6.45, 7) is 10.8. The van der Waals surface area contributed by atoms with Gasteiger partial charge in [0.1, 0.15) is 0 Å². The second-order valence-corrected chi connectivity index (χ2v) is 9.65. The van der Waals surface area contributed by atoms with Gasteiger partial charge in [-0.25, -0.2) is 18.1 Å². The summed E-state index contributed by atoms with van der Waals surface area (Å²) in [4.78, 5) is 7.44. The number of hydrogen-bond donors (Lipinski definition) is 3. The van der Waals surface area contributed by atoms with E-state index in [2.05, 4.69) is 39.1 Å². The molecule has 0 saturated carbocycles. The van der Waals surface area contributed by atoms with Crippen molar-refractivity contribution < 1.29 is 8.42 Å². The molecule has 0 aliphatic carbocycles. The molecule has 1 saturated heterocycles. The summed E-state index contributed by atoms with van der Waals surface area (Å²) in [5.74, 6) is 0.745. The maximum absolute atomic E-state index is 12.0. The van der Waals surface area contributed by atoms with Gasteiger partial charge in [0.25, 0.3) is 0 Å². The van der Waals surface area contributed by atoms with Crippen LogP contribution in [0.1, 0.15) is 45.6 Å². The highest BCUT2D eigenvalue weighted by molar-refractivity contribution is 14.0. The standard InChI is InChI=1S/C20H35N5O2S.HI/c1-5-22-19(24-16-20(2,3)25-12-7-6-8-13-25)23-15-17-10-9-11-18(14-17)28(26,27)21-4;/h9-11,14,21H,5-8,12-13,15-16H2,1-4H3,(H2,22,23,24);1H. The Balaban J connectivity index is 0.00000420. The van der Waals surface area contributed by atoms with Gasteiger partial charge < -0.3 is 10.6 Å². The zero-order chi connectivity index (χ0) is 20.6. The average Bonchev–Trinajstić information content (AvgIpc) is 2.71. The molecule has 9 heteroatoms. The molecule has 7 nitrogen and oxygen atoms in total. The van der Waals surface area contributed by atoms with Crippen LogP contribution in [0.15, 0.2) is 34.2 Å². The third kappa shape index (κ3) is 8.03. The number of sulfonamides is 1. The third-order valence-corrected chi connectivity index (χ3v) is 6.55. The summed E-state index contributed by atoms with van der Waals surface area (Å²) in [6, 6.07) is 6.88. The SMILES string of the molecule is CCNC(=NCc1cccc(S(=O)(=O)NC)c1)NCC(C)(C)N1CCCCC1.I. The fourth-order valence-electron chi connectivity index (χ4n) is 3.35. The predicted octanol–water partition coefficient (Wildman–Crippen LogP) is 2.53. The van der Waals surface area contributed by atoms with Gasteiger partial charge in [-0.15, -0.1) is 24.0 Å². The highest BCUT2D eigenvalue weighted by Crippen LogP contribution is 2.19. The van der Waals surface area contributed by atoms with Crippen LogP contribution in [-0.2, 0) is 16.6 Å². The van der Waals surface area contributed by atoms with Crippen LogP contribution in [0.3, 0.4) is 0 Å². The Morgan fingerprint density at radius 2 is 1.86 bits per heavy atom. The number of rotatable bonds is 8. The molecule has 0 bridgehead atoms. The summed E-state index contributed by atoms with van der Waals surface area (Å²) in [6.07, 6.45) is 3.86. The molecule has 0 aromatic heterocycles. The van der Waals surface area contributed by atoms with Crippen LogP contribution >= 0.6 is 24.0 Å². The lowest BCUT2D eigenvalue weighted by Crippen LogP contribution is -2.54. The number of nitrogens with one attached hydrogen (secondary N) is 3. The van der Waals surface area contributed by atoms with Gasteiger partial charge >= 0.3 is 0 Å². The maximum atomic E-state index is 12.0. The first-order valence-electron chi connectivity index (χ1n) is 10.1. The van der Waals surface area contributed by atoms with Crippen LogP contribution in [0.4, 0.5) is 0 Å². The highest BCUT2D eigenvalue weighted by atomic mass is 127. The first kappa shape index (κ1) is 26.1. The van der Waals surface area contributed by atoms with E-state index >= 15 is 0 Å². The number of likely N-dealkylation sites (tertiary alicyclic amines) is 1. The van der Waals surface area contributed by atoms with Gasteiger partial charge in [0.05, 0.1) is 11.4 Å². The molecule has 1 aliphatic heterocycles. The van der Waals surface area contributed by atoms with E-state index in [-0.39, 0.29) is 34.4 Å². The Kier molecular flexibility index (Phi) is 10.9. The molecule has 1 aliphatic rings. The number of nitrogens with zero attached hydrogens (tertiary/aromatic N) is 2. The van der Waals surface area contributed by atoms with E-state index in [4.69, 9.17) is 0 Å². The molecule has 3 N–H and O–H groups in total. The fourth-order valence-corrected chi connectivity index (χ4v) is 4.15. The Morgan fingerprint density at radius 1 is 1.17 bits per heavy atom. The molecule has 166 valence electrons. The average molecular weight is 538 g/mol. The molecular weight excluding hydrogens is 501 g/mol. The van der Waals surface area contributed by atoms with E-state index in [9.17, 15) is 8.42 Å². The third-order valence-electron chi connectivity index (χ3n) is 5.14. The molecule has 1 aromatic rings. The molecule has 2 rings (SSSR count). The van der Waals surface area contributed by atoms with Crippen molar-refractivity contribution in [2.24, 2.45) is 4.99 Å². The van der Waals surface area contributed by atoms with E-state index in [1.54, 1.807) is 18.2 Å². The van der Waals surface area contributed by atoms with Gasteiger partial charge in [-0.1, -0.05) is 18.6 Å². The Bertz CT molecular complexity index is 762. The van der Waals surface area contributed by atoms with Crippen LogP contribution in [0.25, 0.3) is 0 Å². The second-order valence-electron chi connectivity index (χ2n) is 7.76. The molecular formula is C20H36IN5O2S. The minimum absolute atomic E-state index is 0. The van der Waals surface area contributed by atoms with Crippen molar-refractivity contribution >= 4 is 40.0 Å². The monoisotopic (exact) mass is 537 g/mol. The van der Waals surface area contributed by atoms with E-state index in [1.165, 1.54) is 26.3 Å². The predicted molar refractivity (Wildman–Crippen MR) is 130 cm³/mol. The quantitative estimate of drug-likeness (QED) is 0.270. The second kappa shape index (κ2) is 12.1. The minimum atomic E-state index is -3.45. The highest BCUT2D eigenvalue weighted by Gasteiger charge is 2.27. The van der Waals surface area contributed by atoms with Gasteiger partial charge in [-0.05, 0) is 71.4 Å². The number of benzene rings is 1. The number of hydrogen-bond acceptors (Lipinski definition) is 4. The molecule has 0 atom stereocenters. The summed E-state index contributed by atoms with van der Waals surface area (Å²) < 4.78 is 26.3. The molecule has 1 heterocycles. The molecule has 29 heavy (non-hydrogen) atoms. The lowest BCUT2D eigenvalue weighted by molar-refractivity contribution is 0.0982. The van der Waals surface area contributed by atoms with Gasteiger partial charge in [-0.2, -0.15) is 0 Å². The summed E-state index contributed by atoms with van der Waals surface area (Å²) in [7, 11) is -2.03. The van der Waals surface area contributed by atoms with Crippen LogP contribution in [0, 0.1) is 0 Å². The lowest BCUT2D eigenvalue weighted by Gasteiger charge is -2.41. The van der Waals surface area contributed by atoms with E-state index in [0.29, 0.717) is 6.54 Å². The van der Waals surface area contributed by atoms with Crippen LogP contribution in [0.5, 0.6) is 0 Å². The molecule has 0 amide bonds. The molecule has 0 spiro atoms. The molecule has 0 unspecified atom stereocenters. The largest absolute Gasteiger partial charge is 0.357 e. The van der Waals surface area contributed by atoms with Crippen molar-refractivity contribution in [3.05, 3.63) is 29.8 Å². The fraction of sp³-hybridized carbons (Fsp3) is 0.650. The Hall–Kier alpha value is -0.910. The number of guanidine groups is 1. The van der Waals surface area contributed by atoms with Crippen molar-refractivity contribution in [3.8, 4) is 0 Å². The number of piperidine rings is 1. The van der Waals surface area contributed by atoms with Gasteiger partial charge in [0.2, 0.25) is 10.0 Å². The first-order chi connectivity index (χ1) is 13.3. The van der Waals surface area contributed by atoms with Crippen molar-refractivity contribution in [2.45, 2.75) is 57.0 Å². The molecule has 1 fully saturated rings. The van der Waals surface area contributed by atoms with Crippen molar-refractivity contribution in [1.29, 1.82) is 0 Å². The normalized spacial score (nSPS) is 16.2. The van der Waals surface area contributed by atoms with Gasteiger partial charge in [-0.3, -0.25) is 4.90 Å². The van der Waals surface area contributed by atoms with E-state index in [1.807, 2.05) is 13.0 Å². The smallest absolute Gasteiger partial charge is 0.240 e. The van der Waals surface area contributed by atoms with Gasteiger partial charge in [0, 0.05) is 18.6 Å². The number of aliphatic imine (C=N–C) groups is 1. The van der Waals surface area contributed by atoms with Crippen LogP contribution < -0.4 is 15.4 Å². The van der Waals surface area contributed by atoms with Crippen molar-refractivity contribution in [3.63, 3.8) is 0 Å². The zero-order valence-electron chi connectivity index (χ0n) is 18.0. The zero-order valence-corrected chi connectivity index (χ0v) is 21.1. The summed E-state index contributed by atoms with van der Waals surface area (Å²) in [5.41, 5.74) is 0.904.